The van der Waals surface area contributed by atoms with E-state index in [9.17, 15) is 4.79 Å². The molecule has 0 amide bonds. The van der Waals surface area contributed by atoms with Crippen LogP contribution in [0.15, 0.2) is 35.3 Å². The second-order valence-electron chi connectivity index (χ2n) is 5.21. The predicted octanol–water partition coefficient (Wildman–Crippen LogP) is 2.03. The van der Waals surface area contributed by atoms with E-state index in [1.54, 1.807) is 10.8 Å². The van der Waals surface area contributed by atoms with Gasteiger partial charge in [-0.15, -0.1) is 0 Å². The topological polar surface area (TPSA) is 62.7 Å². The van der Waals surface area contributed by atoms with E-state index in [2.05, 4.69) is 15.5 Å². The van der Waals surface area contributed by atoms with Crippen LogP contribution in [0, 0.1) is 0 Å². The molecule has 5 nitrogen and oxygen atoms in total. The Morgan fingerprint density at radius 2 is 1.95 bits per heavy atom. The van der Waals surface area contributed by atoms with E-state index < -0.39 is 0 Å². The molecule has 0 saturated heterocycles. The van der Waals surface area contributed by atoms with E-state index in [1.807, 2.05) is 24.3 Å². The summed E-state index contributed by atoms with van der Waals surface area (Å²) in [5.74, 6) is 0. The van der Waals surface area contributed by atoms with E-state index in [4.69, 9.17) is 11.6 Å². The lowest BCUT2D eigenvalue weighted by Gasteiger charge is -2.10. The molecule has 106 valence electrons. The van der Waals surface area contributed by atoms with Crippen molar-refractivity contribution in [3.63, 3.8) is 0 Å². The summed E-state index contributed by atoms with van der Waals surface area (Å²) >= 11 is 5.91. The van der Waals surface area contributed by atoms with Crippen molar-refractivity contribution in [3.8, 4) is 0 Å². The van der Waals surface area contributed by atoms with E-state index >= 15 is 0 Å². The third-order valence-corrected chi connectivity index (χ3v) is 4.19. The van der Waals surface area contributed by atoms with Crippen LogP contribution >= 0.6 is 11.6 Å². The van der Waals surface area contributed by atoms with Gasteiger partial charge in [-0.3, -0.25) is 14.5 Å². The monoisotopic (exact) mass is 300 g/mol. The average Bonchev–Trinajstić information content (AvgIpc) is 3.13. The molecule has 2 aromatic heterocycles. The molecule has 0 fully saturated rings. The number of nitrogens with zero attached hydrogens (tertiary/aromatic N) is 2. The maximum atomic E-state index is 12.7. The molecule has 2 N–H and O–H groups in total. The minimum absolute atomic E-state index is 0.0432. The molecule has 0 aliphatic carbocycles. The lowest BCUT2D eigenvalue weighted by Crippen LogP contribution is -2.25. The molecule has 6 heteroatoms. The van der Waals surface area contributed by atoms with Gasteiger partial charge in [0.2, 0.25) is 0 Å². The Labute approximate surface area is 125 Å². The van der Waals surface area contributed by atoms with Gasteiger partial charge in [0.1, 0.15) is 5.65 Å². The minimum Gasteiger partial charge on any atom is -0.308 e. The Morgan fingerprint density at radius 3 is 2.76 bits per heavy atom. The molecule has 0 bridgehead atoms. The Bertz CT molecular complexity index is 879. The summed E-state index contributed by atoms with van der Waals surface area (Å²) in [5, 5.41) is 12.0. The molecule has 3 aromatic rings. The highest BCUT2D eigenvalue weighted by Crippen LogP contribution is 2.22. The standard InChI is InChI=1S/C15H13ClN4O/c16-10-3-1-9(2-4-10)8-20-14-12(7-18-19-14)11-5-17-6-13(11)15(20)21/h1-4,7,17H,5-6,8H2,(H,18,19). The van der Waals surface area contributed by atoms with Crippen LogP contribution < -0.4 is 10.9 Å². The first-order valence-corrected chi connectivity index (χ1v) is 7.14. The van der Waals surface area contributed by atoms with E-state index in [0.717, 1.165) is 34.3 Å². The number of halogens is 1. The van der Waals surface area contributed by atoms with Crippen molar-refractivity contribution in [2.45, 2.75) is 19.6 Å². The van der Waals surface area contributed by atoms with Gasteiger partial charge in [0.15, 0.2) is 0 Å². The smallest absolute Gasteiger partial charge is 0.257 e. The first-order valence-electron chi connectivity index (χ1n) is 6.77. The summed E-state index contributed by atoms with van der Waals surface area (Å²) in [6.07, 6.45) is 1.79. The number of benzene rings is 1. The number of hydrogen-bond acceptors (Lipinski definition) is 3. The van der Waals surface area contributed by atoms with Gasteiger partial charge < -0.3 is 5.32 Å². The number of aromatic nitrogens is 3. The number of H-pyrrole nitrogens is 1. The fraction of sp³-hybridized carbons (Fsp3) is 0.200. The zero-order valence-electron chi connectivity index (χ0n) is 11.2. The maximum absolute atomic E-state index is 12.7. The van der Waals surface area contributed by atoms with Crippen LogP contribution in [-0.2, 0) is 19.6 Å². The molecule has 4 rings (SSSR count). The Hall–Kier alpha value is -2.11. The number of nitrogens with one attached hydrogen (secondary N) is 2. The zero-order chi connectivity index (χ0) is 14.4. The highest BCUT2D eigenvalue weighted by Gasteiger charge is 2.21. The van der Waals surface area contributed by atoms with Gasteiger partial charge in [0.05, 0.1) is 12.7 Å². The zero-order valence-corrected chi connectivity index (χ0v) is 11.9. The Morgan fingerprint density at radius 1 is 1.19 bits per heavy atom. The van der Waals surface area contributed by atoms with Crippen molar-refractivity contribution in [1.29, 1.82) is 0 Å². The highest BCUT2D eigenvalue weighted by atomic mass is 35.5. The van der Waals surface area contributed by atoms with Crippen LogP contribution in [0.3, 0.4) is 0 Å². The lowest BCUT2D eigenvalue weighted by molar-refractivity contribution is 0.742. The lowest BCUT2D eigenvalue weighted by atomic mass is 10.1. The second kappa shape index (κ2) is 4.72. The van der Waals surface area contributed by atoms with Gasteiger partial charge in [0, 0.05) is 29.1 Å². The Balaban J connectivity index is 1.90. The van der Waals surface area contributed by atoms with E-state index in [0.29, 0.717) is 18.1 Å². The molecule has 1 aliphatic heterocycles. The quantitative estimate of drug-likeness (QED) is 0.761. The first kappa shape index (κ1) is 12.6. The average molecular weight is 301 g/mol. The SMILES string of the molecule is O=c1c2c(c3cn[nH]c3n1Cc1ccc(Cl)cc1)CNC2. The van der Waals surface area contributed by atoms with Crippen molar-refractivity contribution in [1.82, 2.24) is 20.1 Å². The third-order valence-electron chi connectivity index (χ3n) is 3.94. The third kappa shape index (κ3) is 1.97. The molecule has 0 saturated carbocycles. The number of aromatic amines is 1. The van der Waals surface area contributed by atoms with Crippen LogP contribution in [-0.4, -0.2) is 14.8 Å². The van der Waals surface area contributed by atoms with Gasteiger partial charge in [-0.2, -0.15) is 5.10 Å². The van der Waals surface area contributed by atoms with Gasteiger partial charge >= 0.3 is 0 Å². The summed E-state index contributed by atoms with van der Waals surface area (Å²) in [4.78, 5) is 12.7. The summed E-state index contributed by atoms with van der Waals surface area (Å²) < 4.78 is 1.75. The van der Waals surface area contributed by atoms with E-state index in [-0.39, 0.29) is 5.56 Å². The van der Waals surface area contributed by atoms with Crippen molar-refractivity contribution in [2.24, 2.45) is 0 Å². The summed E-state index contributed by atoms with van der Waals surface area (Å²) in [5.41, 5.74) is 3.76. The van der Waals surface area contributed by atoms with Gasteiger partial charge in [-0.25, -0.2) is 0 Å². The minimum atomic E-state index is 0.0432. The fourth-order valence-corrected chi connectivity index (χ4v) is 3.01. The maximum Gasteiger partial charge on any atom is 0.257 e. The molecule has 0 unspecified atom stereocenters. The largest absolute Gasteiger partial charge is 0.308 e. The van der Waals surface area contributed by atoms with E-state index in [1.165, 1.54) is 0 Å². The summed E-state index contributed by atoms with van der Waals surface area (Å²) in [6.45, 7) is 1.85. The second-order valence-corrected chi connectivity index (χ2v) is 5.65. The predicted molar refractivity (Wildman–Crippen MR) is 81.5 cm³/mol. The number of hydrogen-bond donors (Lipinski definition) is 2. The molecule has 21 heavy (non-hydrogen) atoms. The number of pyridine rings is 1. The Kier molecular flexibility index (Phi) is 2.83. The molecule has 0 radical (unpaired) electrons. The van der Waals surface area contributed by atoms with Crippen LogP contribution in [0.2, 0.25) is 5.02 Å². The van der Waals surface area contributed by atoms with Crippen LogP contribution in [0.5, 0.6) is 0 Å². The van der Waals surface area contributed by atoms with Crippen molar-refractivity contribution >= 4 is 22.6 Å². The van der Waals surface area contributed by atoms with Gasteiger partial charge in [-0.1, -0.05) is 23.7 Å². The molecule has 3 heterocycles. The molecule has 1 aromatic carbocycles. The van der Waals surface area contributed by atoms with Crippen molar-refractivity contribution in [3.05, 3.63) is 62.5 Å². The first-order chi connectivity index (χ1) is 10.2. The van der Waals surface area contributed by atoms with Crippen molar-refractivity contribution < 1.29 is 0 Å². The molecule has 0 spiro atoms. The highest BCUT2D eigenvalue weighted by molar-refractivity contribution is 6.30. The molecule has 1 aliphatic rings. The van der Waals surface area contributed by atoms with Gasteiger partial charge in [0.25, 0.3) is 5.56 Å². The number of fused-ring (bicyclic) bond motifs is 3. The van der Waals surface area contributed by atoms with Gasteiger partial charge in [-0.05, 0) is 23.3 Å². The normalized spacial score (nSPS) is 13.8. The fourth-order valence-electron chi connectivity index (χ4n) is 2.88. The summed E-state index contributed by atoms with van der Waals surface area (Å²) in [7, 11) is 0. The van der Waals surface area contributed by atoms with Crippen LogP contribution in [0.4, 0.5) is 0 Å². The summed E-state index contributed by atoms with van der Waals surface area (Å²) in [6, 6.07) is 7.53. The van der Waals surface area contributed by atoms with Crippen molar-refractivity contribution in [2.75, 3.05) is 0 Å². The van der Waals surface area contributed by atoms with Crippen LogP contribution in [0.1, 0.15) is 16.7 Å². The van der Waals surface area contributed by atoms with Crippen LogP contribution in [0.25, 0.3) is 11.0 Å². The molecular weight excluding hydrogens is 288 g/mol. The molecular formula is C15H13ClN4O. The number of rotatable bonds is 2. The molecule has 0 atom stereocenters.